The Labute approximate surface area is 200 Å². The number of hydrogen-bond donors (Lipinski definition) is 0. The van der Waals surface area contributed by atoms with E-state index in [-0.39, 0.29) is 29.5 Å². The van der Waals surface area contributed by atoms with Crippen LogP contribution in [0.1, 0.15) is 12.1 Å². The van der Waals surface area contributed by atoms with E-state index in [9.17, 15) is 13.2 Å². The van der Waals surface area contributed by atoms with Crippen LogP contribution in [0.4, 0.5) is 5.13 Å². The summed E-state index contributed by atoms with van der Waals surface area (Å²) in [5.74, 6) is 0.00354. The minimum atomic E-state index is -3.65. The van der Waals surface area contributed by atoms with Gasteiger partial charge in [-0.05, 0) is 54.6 Å². The monoisotopic (exact) mass is 501 g/mol. The fourth-order valence-electron chi connectivity index (χ4n) is 3.17. The highest BCUT2D eigenvalue weighted by Gasteiger charge is 2.24. The number of halogens is 1. The number of nitrogens with zero attached hydrogens (tertiary/aromatic N) is 3. The van der Waals surface area contributed by atoms with Gasteiger partial charge in [0.25, 0.3) is 0 Å². The van der Waals surface area contributed by atoms with Crippen LogP contribution in [0, 0.1) is 0 Å². The summed E-state index contributed by atoms with van der Waals surface area (Å²) < 4.78 is 31.6. The molecule has 4 aromatic rings. The Kier molecular flexibility index (Phi) is 6.92. The van der Waals surface area contributed by atoms with Crippen molar-refractivity contribution in [2.45, 2.75) is 17.9 Å². The van der Waals surface area contributed by atoms with Crippen molar-refractivity contribution in [3.05, 3.63) is 77.6 Å². The van der Waals surface area contributed by atoms with Gasteiger partial charge in [0.1, 0.15) is 5.75 Å². The first kappa shape index (κ1) is 23.2. The number of hydrogen-bond acceptors (Lipinski definition) is 7. The molecule has 33 heavy (non-hydrogen) atoms. The van der Waals surface area contributed by atoms with Crippen LogP contribution >= 0.6 is 22.9 Å². The minimum absolute atomic E-state index is 0.128. The third-order valence-electron chi connectivity index (χ3n) is 4.92. The molecule has 2 heterocycles. The van der Waals surface area contributed by atoms with Crippen LogP contribution in [0.2, 0.25) is 5.02 Å². The molecule has 170 valence electrons. The van der Waals surface area contributed by atoms with E-state index in [1.54, 1.807) is 31.5 Å². The van der Waals surface area contributed by atoms with Crippen LogP contribution in [-0.4, -0.2) is 37.2 Å². The van der Waals surface area contributed by atoms with Crippen LogP contribution < -0.4 is 9.64 Å². The van der Waals surface area contributed by atoms with Crippen molar-refractivity contribution in [2.24, 2.45) is 0 Å². The number of anilines is 1. The summed E-state index contributed by atoms with van der Waals surface area (Å²) in [5.41, 5.74) is 1.40. The number of carbonyl (C=O) groups is 1. The van der Waals surface area contributed by atoms with E-state index in [1.807, 2.05) is 18.2 Å². The van der Waals surface area contributed by atoms with Gasteiger partial charge in [-0.2, -0.15) is 0 Å². The van der Waals surface area contributed by atoms with Gasteiger partial charge in [-0.3, -0.25) is 14.7 Å². The van der Waals surface area contributed by atoms with Gasteiger partial charge in [0.05, 0.1) is 40.2 Å². The van der Waals surface area contributed by atoms with Crippen LogP contribution in [-0.2, 0) is 21.2 Å². The predicted octanol–water partition coefficient (Wildman–Crippen LogP) is 4.75. The van der Waals surface area contributed by atoms with Gasteiger partial charge in [0, 0.05) is 17.6 Å². The van der Waals surface area contributed by atoms with E-state index in [4.69, 9.17) is 16.3 Å². The van der Waals surface area contributed by atoms with Gasteiger partial charge in [0.2, 0.25) is 5.91 Å². The van der Waals surface area contributed by atoms with Gasteiger partial charge in [-0.15, -0.1) is 0 Å². The molecule has 0 aliphatic rings. The maximum absolute atomic E-state index is 13.2. The van der Waals surface area contributed by atoms with Gasteiger partial charge in [-0.25, -0.2) is 13.4 Å². The Morgan fingerprint density at radius 3 is 2.61 bits per heavy atom. The highest BCUT2D eigenvalue weighted by Crippen LogP contribution is 2.32. The number of ether oxygens (including phenoxy) is 1. The normalized spacial score (nSPS) is 11.5. The molecule has 0 N–H and O–H groups in total. The second-order valence-electron chi connectivity index (χ2n) is 7.15. The Hall–Kier alpha value is -3.01. The van der Waals surface area contributed by atoms with Crippen molar-refractivity contribution in [3.8, 4) is 5.75 Å². The molecule has 0 aliphatic heterocycles. The maximum atomic E-state index is 13.2. The number of fused-ring (bicyclic) bond motifs is 1. The first-order chi connectivity index (χ1) is 15.9. The fourth-order valence-corrected chi connectivity index (χ4v) is 5.53. The summed E-state index contributed by atoms with van der Waals surface area (Å²) >= 11 is 7.19. The number of pyridine rings is 1. The Morgan fingerprint density at radius 2 is 1.91 bits per heavy atom. The Bertz CT molecular complexity index is 1370. The number of thiazole rings is 1. The molecule has 0 spiro atoms. The third-order valence-corrected chi connectivity index (χ3v) is 7.95. The van der Waals surface area contributed by atoms with Crippen molar-refractivity contribution >= 4 is 54.0 Å². The SMILES string of the molecule is COc1ccc2nc(N(Cc3ccccn3)C(=O)CCS(=O)(=O)c3ccc(Cl)cc3)sc2c1. The second-order valence-corrected chi connectivity index (χ2v) is 10.7. The molecule has 7 nitrogen and oxygen atoms in total. The van der Waals surface area contributed by atoms with Crippen molar-refractivity contribution < 1.29 is 17.9 Å². The van der Waals surface area contributed by atoms with Gasteiger partial charge in [0.15, 0.2) is 15.0 Å². The zero-order valence-electron chi connectivity index (χ0n) is 17.6. The summed E-state index contributed by atoms with van der Waals surface area (Å²) in [4.78, 5) is 23.7. The summed E-state index contributed by atoms with van der Waals surface area (Å²) in [6.07, 6.45) is 1.45. The third kappa shape index (κ3) is 5.50. The van der Waals surface area contributed by atoms with Crippen LogP contribution in [0.3, 0.4) is 0 Å². The molecule has 0 saturated carbocycles. The summed E-state index contributed by atoms with van der Waals surface area (Å²) in [5, 5.41) is 0.914. The number of aromatic nitrogens is 2. The van der Waals surface area contributed by atoms with Crippen molar-refractivity contribution in [1.29, 1.82) is 0 Å². The van der Waals surface area contributed by atoms with Gasteiger partial charge >= 0.3 is 0 Å². The number of benzene rings is 2. The molecule has 0 fully saturated rings. The standard InChI is InChI=1S/C23H20ClN3O4S2/c1-31-18-7-10-20-21(14-18)32-23(26-20)27(15-17-4-2-3-12-25-17)22(28)11-13-33(29,30)19-8-5-16(24)6-9-19/h2-10,12,14H,11,13,15H2,1H3. The lowest BCUT2D eigenvalue weighted by molar-refractivity contribution is -0.118. The molecule has 0 saturated heterocycles. The largest absolute Gasteiger partial charge is 0.497 e. The molecule has 2 aromatic heterocycles. The van der Waals surface area contributed by atoms with Crippen molar-refractivity contribution in [3.63, 3.8) is 0 Å². The molecule has 0 atom stereocenters. The highest BCUT2D eigenvalue weighted by molar-refractivity contribution is 7.91. The molecule has 0 bridgehead atoms. The average Bonchev–Trinajstić information content (AvgIpc) is 3.25. The zero-order valence-corrected chi connectivity index (χ0v) is 20.0. The van der Waals surface area contributed by atoms with E-state index < -0.39 is 9.84 Å². The lowest BCUT2D eigenvalue weighted by Gasteiger charge is -2.19. The van der Waals surface area contributed by atoms with Crippen LogP contribution in [0.15, 0.2) is 71.8 Å². The Balaban J connectivity index is 1.60. The molecule has 4 rings (SSSR count). The van der Waals surface area contributed by atoms with E-state index in [2.05, 4.69) is 9.97 Å². The quantitative estimate of drug-likeness (QED) is 0.346. The van der Waals surface area contributed by atoms with Crippen molar-refractivity contribution in [2.75, 3.05) is 17.8 Å². The topological polar surface area (TPSA) is 89.5 Å². The lowest BCUT2D eigenvalue weighted by Crippen LogP contribution is -2.32. The molecule has 0 aliphatic carbocycles. The van der Waals surface area contributed by atoms with E-state index >= 15 is 0 Å². The molecule has 10 heteroatoms. The molecule has 0 unspecified atom stereocenters. The maximum Gasteiger partial charge on any atom is 0.230 e. The van der Waals surface area contributed by atoms with E-state index in [0.29, 0.717) is 21.6 Å². The molecule has 1 amide bonds. The fraction of sp³-hybridized carbons (Fsp3) is 0.174. The second kappa shape index (κ2) is 9.86. The van der Waals surface area contributed by atoms with Gasteiger partial charge in [-0.1, -0.05) is 29.0 Å². The lowest BCUT2D eigenvalue weighted by atomic mass is 10.3. The Morgan fingerprint density at radius 1 is 1.12 bits per heavy atom. The molecule has 2 aromatic carbocycles. The zero-order chi connectivity index (χ0) is 23.4. The summed E-state index contributed by atoms with van der Waals surface area (Å²) in [6.45, 7) is 0.178. The van der Waals surface area contributed by atoms with E-state index in [1.165, 1.54) is 40.5 Å². The smallest absolute Gasteiger partial charge is 0.230 e. The van der Waals surface area contributed by atoms with Crippen molar-refractivity contribution in [1.82, 2.24) is 9.97 Å². The molecule has 0 radical (unpaired) electrons. The first-order valence-electron chi connectivity index (χ1n) is 9.99. The number of methoxy groups -OCH3 is 1. The number of sulfone groups is 1. The first-order valence-corrected chi connectivity index (χ1v) is 12.8. The molecular formula is C23H20ClN3O4S2. The average molecular weight is 502 g/mol. The minimum Gasteiger partial charge on any atom is -0.497 e. The van der Waals surface area contributed by atoms with Gasteiger partial charge < -0.3 is 4.74 Å². The summed E-state index contributed by atoms with van der Waals surface area (Å²) in [6, 6.07) is 16.8. The van der Waals surface area contributed by atoms with E-state index in [0.717, 1.165) is 10.2 Å². The number of amides is 1. The van der Waals surface area contributed by atoms with Crippen LogP contribution in [0.5, 0.6) is 5.75 Å². The predicted molar refractivity (Wildman–Crippen MR) is 130 cm³/mol. The molecular weight excluding hydrogens is 482 g/mol. The summed E-state index contributed by atoms with van der Waals surface area (Å²) in [7, 11) is -2.07. The highest BCUT2D eigenvalue weighted by atomic mass is 35.5. The van der Waals surface area contributed by atoms with Crippen LogP contribution in [0.25, 0.3) is 10.2 Å². The number of carbonyl (C=O) groups excluding carboxylic acids is 1. The number of rotatable bonds is 8.